The third-order valence-electron chi connectivity index (χ3n) is 1.47. The van der Waals surface area contributed by atoms with E-state index in [1.54, 1.807) is 0 Å². The van der Waals surface area contributed by atoms with Crippen LogP contribution in [0.1, 0.15) is 17.7 Å². The quantitative estimate of drug-likeness (QED) is 0.386. The maximum Gasteiger partial charge on any atom is 0.433 e. The molecule has 0 aliphatic rings. The van der Waals surface area contributed by atoms with E-state index < -0.39 is 23.9 Å². The Kier molecular flexibility index (Phi) is 3.90. The highest BCUT2D eigenvalue weighted by Crippen LogP contribution is 2.35. The van der Waals surface area contributed by atoms with Crippen LogP contribution in [0.4, 0.5) is 22.0 Å². The Balaban J connectivity index is 3.36. The maximum absolute atomic E-state index is 12.4. The first kappa shape index (κ1) is 13.1. The lowest BCUT2D eigenvalue weighted by Crippen LogP contribution is -2.10. The number of hydrogen-bond acceptors (Lipinski definition) is 1. The van der Waals surface area contributed by atoms with Crippen molar-refractivity contribution < 1.29 is 22.0 Å². The lowest BCUT2D eigenvalue weighted by molar-refractivity contribution is -0.141. The molecular formula is C7H2BrF5IN. The highest BCUT2D eigenvalue weighted by atomic mass is 127. The van der Waals surface area contributed by atoms with Crippen LogP contribution >= 0.6 is 38.5 Å². The summed E-state index contributed by atoms with van der Waals surface area (Å²) in [5.41, 5.74) is -2.00. The molecule has 8 heteroatoms. The largest absolute Gasteiger partial charge is 0.433 e. The van der Waals surface area contributed by atoms with E-state index in [4.69, 9.17) is 0 Å². The number of rotatable bonds is 1. The van der Waals surface area contributed by atoms with Crippen LogP contribution < -0.4 is 0 Å². The van der Waals surface area contributed by atoms with Crippen molar-refractivity contribution in [2.45, 2.75) is 12.6 Å². The zero-order valence-corrected chi connectivity index (χ0v) is 10.5. The van der Waals surface area contributed by atoms with Gasteiger partial charge in [0.2, 0.25) is 0 Å². The van der Waals surface area contributed by atoms with Crippen molar-refractivity contribution in [2.24, 2.45) is 0 Å². The van der Waals surface area contributed by atoms with Crippen molar-refractivity contribution in [2.75, 3.05) is 0 Å². The van der Waals surface area contributed by atoms with Crippen LogP contribution in [0.15, 0.2) is 10.7 Å². The minimum Gasteiger partial charge on any atom is -0.235 e. The Labute approximate surface area is 103 Å². The van der Waals surface area contributed by atoms with Gasteiger partial charge in [0.1, 0.15) is 10.3 Å². The van der Waals surface area contributed by atoms with Gasteiger partial charge in [-0.05, 0) is 44.6 Å². The topological polar surface area (TPSA) is 12.9 Å². The van der Waals surface area contributed by atoms with Gasteiger partial charge in [-0.1, -0.05) is 0 Å². The molecule has 0 saturated carbocycles. The molecule has 1 nitrogen and oxygen atoms in total. The Morgan fingerprint density at radius 1 is 1.33 bits per heavy atom. The maximum atomic E-state index is 12.4. The Morgan fingerprint density at radius 2 is 1.87 bits per heavy atom. The van der Waals surface area contributed by atoms with E-state index in [2.05, 4.69) is 20.9 Å². The van der Waals surface area contributed by atoms with Crippen LogP contribution in [0.2, 0.25) is 0 Å². The van der Waals surface area contributed by atoms with Gasteiger partial charge in [0.15, 0.2) is 0 Å². The van der Waals surface area contributed by atoms with Crippen molar-refractivity contribution in [3.8, 4) is 0 Å². The van der Waals surface area contributed by atoms with Gasteiger partial charge in [-0.25, -0.2) is 13.8 Å². The molecule has 1 rings (SSSR count). The van der Waals surface area contributed by atoms with E-state index in [0.29, 0.717) is 6.07 Å². The van der Waals surface area contributed by atoms with E-state index in [0.717, 1.165) is 0 Å². The first-order chi connectivity index (χ1) is 6.73. The molecule has 0 atom stereocenters. The van der Waals surface area contributed by atoms with E-state index in [1.165, 1.54) is 22.6 Å². The van der Waals surface area contributed by atoms with Crippen molar-refractivity contribution >= 4 is 38.5 Å². The molecule has 0 saturated heterocycles. The van der Waals surface area contributed by atoms with Gasteiger partial charge in [-0.2, -0.15) is 13.2 Å². The molecule has 0 bridgehead atoms. The van der Waals surface area contributed by atoms with Crippen molar-refractivity contribution in [1.29, 1.82) is 0 Å². The summed E-state index contributed by atoms with van der Waals surface area (Å²) in [6, 6.07) is 0.358. The number of pyridine rings is 1. The van der Waals surface area contributed by atoms with Crippen molar-refractivity contribution in [3.05, 3.63) is 25.5 Å². The molecule has 1 aromatic heterocycles. The van der Waals surface area contributed by atoms with Crippen LogP contribution in [0, 0.1) is 3.57 Å². The van der Waals surface area contributed by atoms with Gasteiger partial charge in [-0.3, -0.25) is 0 Å². The minimum absolute atomic E-state index is 0.0180. The third kappa shape index (κ3) is 2.99. The van der Waals surface area contributed by atoms with Crippen LogP contribution in [0.3, 0.4) is 0 Å². The fourth-order valence-electron chi connectivity index (χ4n) is 0.821. The number of hydrogen-bond donors (Lipinski definition) is 0. The van der Waals surface area contributed by atoms with E-state index >= 15 is 0 Å². The number of nitrogens with zero attached hydrogens (tertiary/aromatic N) is 1. The molecule has 0 fully saturated rings. The zero-order chi connectivity index (χ0) is 11.8. The van der Waals surface area contributed by atoms with Crippen LogP contribution in [0.5, 0.6) is 0 Å². The van der Waals surface area contributed by atoms with Crippen LogP contribution in [0.25, 0.3) is 0 Å². The smallest absolute Gasteiger partial charge is 0.235 e. The fraction of sp³-hybridized carbons (Fsp3) is 0.286. The molecule has 0 aliphatic heterocycles. The number of aromatic nitrogens is 1. The highest BCUT2D eigenvalue weighted by molar-refractivity contribution is 14.1. The summed E-state index contributed by atoms with van der Waals surface area (Å²) >= 11 is 4.21. The molecule has 84 valence electrons. The van der Waals surface area contributed by atoms with E-state index in [9.17, 15) is 22.0 Å². The summed E-state index contributed by atoms with van der Waals surface area (Å²) in [6.07, 6.45) is -7.69. The monoisotopic (exact) mass is 401 g/mol. The van der Waals surface area contributed by atoms with Gasteiger partial charge >= 0.3 is 6.18 Å². The SMILES string of the molecule is FC(F)c1cc(C(F)(F)F)nc(Br)c1I. The Bertz CT molecular complexity index is 378. The zero-order valence-electron chi connectivity index (χ0n) is 6.75. The van der Waals surface area contributed by atoms with Gasteiger partial charge < -0.3 is 0 Å². The average Bonchev–Trinajstić information content (AvgIpc) is 2.06. The molecular weight excluding hydrogens is 400 g/mol. The van der Waals surface area contributed by atoms with Gasteiger partial charge in [0, 0.05) is 5.56 Å². The summed E-state index contributed by atoms with van der Waals surface area (Å²) in [6.45, 7) is 0. The standard InChI is InChI=1S/C7H2BrF5IN/c8-5-4(14)2(6(9)10)1-3(15-5)7(11,12)13/h1,6H. The molecule has 0 aliphatic carbocycles. The molecule has 0 amide bonds. The van der Waals surface area contributed by atoms with E-state index in [1.807, 2.05) is 0 Å². The molecule has 15 heavy (non-hydrogen) atoms. The Morgan fingerprint density at radius 3 is 2.27 bits per heavy atom. The predicted molar refractivity (Wildman–Crippen MR) is 54.6 cm³/mol. The first-order valence-electron chi connectivity index (χ1n) is 3.44. The van der Waals surface area contributed by atoms with Crippen molar-refractivity contribution in [3.63, 3.8) is 0 Å². The number of halogens is 7. The molecule has 0 radical (unpaired) electrons. The molecule has 0 N–H and O–H groups in total. The minimum atomic E-state index is -4.73. The lowest BCUT2D eigenvalue weighted by Gasteiger charge is -2.10. The normalized spacial score (nSPS) is 12.3. The van der Waals surface area contributed by atoms with Crippen molar-refractivity contribution in [1.82, 2.24) is 4.98 Å². The van der Waals surface area contributed by atoms with Crippen LogP contribution in [-0.2, 0) is 6.18 Å². The van der Waals surface area contributed by atoms with Gasteiger partial charge in [-0.15, -0.1) is 0 Å². The summed E-state index contributed by atoms with van der Waals surface area (Å²) < 4.78 is 61.1. The second kappa shape index (κ2) is 4.48. The predicted octanol–water partition coefficient (Wildman–Crippen LogP) is 4.41. The van der Waals surface area contributed by atoms with Gasteiger partial charge in [0.05, 0.1) is 3.57 Å². The average molecular weight is 402 g/mol. The summed E-state index contributed by atoms with van der Waals surface area (Å²) in [7, 11) is 0. The Hall–Kier alpha value is 0.01000. The summed E-state index contributed by atoms with van der Waals surface area (Å²) in [4.78, 5) is 3.14. The molecule has 0 unspecified atom stereocenters. The molecule has 1 aromatic rings. The number of alkyl halides is 5. The molecule has 1 heterocycles. The van der Waals surface area contributed by atoms with Crippen LogP contribution in [-0.4, -0.2) is 4.98 Å². The first-order valence-corrected chi connectivity index (χ1v) is 5.32. The lowest BCUT2D eigenvalue weighted by atomic mass is 10.2. The summed E-state index contributed by atoms with van der Waals surface area (Å²) in [5, 5.41) is 0. The van der Waals surface area contributed by atoms with Gasteiger partial charge in [0.25, 0.3) is 6.43 Å². The van der Waals surface area contributed by atoms with E-state index in [-0.39, 0.29) is 8.17 Å². The third-order valence-corrected chi connectivity index (χ3v) is 3.92. The fourth-order valence-corrected chi connectivity index (χ4v) is 1.75. The second-order valence-corrected chi connectivity index (χ2v) is 4.33. The molecule has 0 aromatic carbocycles. The summed E-state index contributed by atoms with van der Waals surface area (Å²) in [5.74, 6) is 0. The highest BCUT2D eigenvalue weighted by Gasteiger charge is 2.34. The second-order valence-electron chi connectivity index (χ2n) is 2.50. The molecule has 0 spiro atoms.